The van der Waals surface area contributed by atoms with E-state index in [1.807, 2.05) is 0 Å². The van der Waals surface area contributed by atoms with Crippen molar-refractivity contribution in [2.24, 2.45) is 5.73 Å². The van der Waals surface area contributed by atoms with Gasteiger partial charge < -0.3 is 15.9 Å². The molecule has 0 bridgehead atoms. The lowest BCUT2D eigenvalue weighted by Crippen LogP contribution is -2.21. The molecule has 4 nitrogen and oxygen atoms in total. The zero-order chi connectivity index (χ0) is 11.7. The molecule has 1 aromatic rings. The average Bonchev–Trinajstić information content (AvgIpc) is 2.19. The monoisotopic (exact) mass is 229 g/mol. The Morgan fingerprint density at radius 3 is 2.47 bits per heavy atom. The van der Waals surface area contributed by atoms with Gasteiger partial charge in [0.2, 0.25) is 0 Å². The number of carbonyl (C=O) groups is 1. The second-order valence-electron chi connectivity index (χ2n) is 3.36. The number of carboxylic acid groups (broad SMARTS) is 1. The smallest absolute Gasteiger partial charge is 0.325 e. The van der Waals surface area contributed by atoms with Crippen LogP contribution in [0.3, 0.4) is 0 Å². The van der Waals surface area contributed by atoms with Crippen molar-refractivity contribution < 1.29 is 15.0 Å². The molecule has 15 heavy (non-hydrogen) atoms. The van der Waals surface area contributed by atoms with Crippen molar-refractivity contribution >= 4 is 17.6 Å². The van der Waals surface area contributed by atoms with E-state index >= 15 is 0 Å². The second kappa shape index (κ2) is 4.08. The van der Waals surface area contributed by atoms with Crippen LogP contribution in [-0.2, 0) is 4.79 Å². The Hall–Kier alpha value is -1.26. The van der Waals surface area contributed by atoms with Crippen LogP contribution in [0.25, 0.3) is 0 Å². The standard InChI is InChI=1S/C10H12ClNO3/c1-4-5(2)9(13)6(3-7(4)11)8(12)10(14)15/h3,8,13H,12H2,1-2H3,(H,14,15). The van der Waals surface area contributed by atoms with Gasteiger partial charge in [0.25, 0.3) is 0 Å². The van der Waals surface area contributed by atoms with Crippen molar-refractivity contribution in [1.82, 2.24) is 0 Å². The molecule has 0 aliphatic rings. The van der Waals surface area contributed by atoms with Crippen LogP contribution in [0.2, 0.25) is 5.02 Å². The van der Waals surface area contributed by atoms with Crippen molar-refractivity contribution in [3.8, 4) is 5.75 Å². The Balaban J connectivity index is 3.38. The highest BCUT2D eigenvalue weighted by Crippen LogP contribution is 2.33. The molecule has 1 aromatic carbocycles. The van der Waals surface area contributed by atoms with Crippen LogP contribution in [0.4, 0.5) is 0 Å². The van der Waals surface area contributed by atoms with E-state index in [9.17, 15) is 9.90 Å². The summed E-state index contributed by atoms with van der Waals surface area (Å²) in [7, 11) is 0. The fourth-order valence-electron chi connectivity index (χ4n) is 1.26. The normalized spacial score (nSPS) is 12.5. The van der Waals surface area contributed by atoms with Crippen LogP contribution in [0.15, 0.2) is 6.07 Å². The van der Waals surface area contributed by atoms with Crippen LogP contribution in [-0.4, -0.2) is 16.2 Å². The van der Waals surface area contributed by atoms with Gasteiger partial charge in [-0.2, -0.15) is 0 Å². The molecule has 1 unspecified atom stereocenters. The molecule has 0 heterocycles. The molecule has 1 rings (SSSR count). The van der Waals surface area contributed by atoms with E-state index in [0.29, 0.717) is 10.6 Å². The highest BCUT2D eigenvalue weighted by atomic mass is 35.5. The molecule has 0 radical (unpaired) electrons. The topological polar surface area (TPSA) is 83.6 Å². The highest BCUT2D eigenvalue weighted by Gasteiger charge is 2.21. The first kappa shape index (κ1) is 11.8. The Kier molecular flexibility index (Phi) is 3.21. The van der Waals surface area contributed by atoms with Gasteiger partial charge >= 0.3 is 5.97 Å². The fourth-order valence-corrected chi connectivity index (χ4v) is 1.52. The number of phenols is 1. The maximum absolute atomic E-state index is 10.7. The van der Waals surface area contributed by atoms with Gasteiger partial charge in [-0.25, -0.2) is 0 Å². The lowest BCUT2D eigenvalue weighted by Gasteiger charge is -2.14. The number of carboxylic acids is 1. The fraction of sp³-hybridized carbons (Fsp3) is 0.300. The molecule has 0 saturated heterocycles. The van der Waals surface area contributed by atoms with Crippen molar-refractivity contribution in [2.75, 3.05) is 0 Å². The third kappa shape index (κ3) is 2.06. The minimum Gasteiger partial charge on any atom is -0.507 e. The summed E-state index contributed by atoms with van der Waals surface area (Å²) in [4.78, 5) is 10.7. The molecule has 0 aliphatic heterocycles. The van der Waals surface area contributed by atoms with Crippen molar-refractivity contribution in [1.29, 1.82) is 0 Å². The van der Waals surface area contributed by atoms with E-state index < -0.39 is 12.0 Å². The quantitative estimate of drug-likeness (QED) is 0.721. The number of rotatable bonds is 2. The van der Waals surface area contributed by atoms with Gasteiger partial charge in [-0.1, -0.05) is 11.6 Å². The molecular formula is C10H12ClNO3. The number of phenolic OH excluding ortho intramolecular Hbond substituents is 1. The van der Waals surface area contributed by atoms with Gasteiger partial charge in [-0.3, -0.25) is 4.79 Å². The highest BCUT2D eigenvalue weighted by molar-refractivity contribution is 6.31. The first-order valence-corrected chi connectivity index (χ1v) is 4.71. The Morgan fingerprint density at radius 2 is 2.00 bits per heavy atom. The van der Waals surface area contributed by atoms with E-state index in [2.05, 4.69) is 0 Å². The Bertz CT molecular complexity index is 418. The number of nitrogens with two attached hydrogens (primary N) is 1. The van der Waals surface area contributed by atoms with E-state index in [1.54, 1.807) is 13.8 Å². The van der Waals surface area contributed by atoms with Gasteiger partial charge in [-0.05, 0) is 31.0 Å². The van der Waals surface area contributed by atoms with E-state index in [4.69, 9.17) is 22.4 Å². The van der Waals surface area contributed by atoms with E-state index in [0.717, 1.165) is 5.56 Å². The van der Waals surface area contributed by atoms with Crippen molar-refractivity contribution in [3.63, 3.8) is 0 Å². The van der Waals surface area contributed by atoms with Gasteiger partial charge in [0, 0.05) is 10.6 Å². The number of aliphatic carboxylic acids is 1. The second-order valence-corrected chi connectivity index (χ2v) is 3.77. The minimum atomic E-state index is -1.26. The predicted molar refractivity (Wildman–Crippen MR) is 57.2 cm³/mol. The molecule has 4 N–H and O–H groups in total. The number of aromatic hydroxyl groups is 1. The summed E-state index contributed by atoms with van der Waals surface area (Å²) in [6.45, 7) is 3.40. The maximum atomic E-state index is 10.7. The average molecular weight is 230 g/mol. The SMILES string of the molecule is Cc1c(Cl)cc(C(N)C(=O)O)c(O)c1C. The molecular weight excluding hydrogens is 218 g/mol. The molecule has 5 heteroatoms. The van der Waals surface area contributed by atoms with Gasteiger partial charge in [0.15, 0.2) is 0 Å². The van der Waals surface area contributed by atoms with Crippen LogP contribution in [0.5, 0.6) is 5.75 Å². The van der Waals surface area contributed by atoms with Crippen molar-refractivity contribution in [2.45, 2.75) is 19.9 Å². The summed E-state index contributed by atoms with van der Waals surface area (Å²) < 4.78 is 0. The molecule has 0 aromatic heterocycles. The number of hydrogen-bond acceptors (Lipinski definition) is 3. The summed E-state index contributed by atoms with van der Waals surface area (Å²) in [6.07, 6.45) is 0. The predicted octanol–water partition coefficient (Wildman–Crippen LogP) is 1.75. The van der Waals surface area contributed by atoms with Gasteiger partial charge in [-0.15, -0.1) is 0 Å². The van der Waals surface area contributed by atoms with E-state index in [-0.39, 0.29) is 11.3 Å². The molecule has 0 amide bonds. The first-order chi connectivity index (χ1) is 6.86. The zero-order valence-electron chi connectivity index (χ0n) is 8.41. The Labute approximate surface area is 92.3 Å². The molecule has 0 fully saturated rings. The third-order valence-electron chi connectivity index (χ3n) is 2.43. The van der Waals surface area contributed by atoms with Gasteiger partial charge in [0.05, 0.1) is 0 Å². The summed E-state index contributed by atoms with van der Waals surface area (Å²) in [5.41, 5.74) is 6.81. The van der Waals surface area contributed by atoms with Crippen LogP contribution in [0.1, 0.15) is 22.7 Å². The van der Waals surface area contributed by atoms with E-state index in [1.165, 1.54) is 6.07 Å². The van der Waals surface area contributed by atoms with Crippen LogP contribution >= 0.6 is 11.6 Å². The maximum Gasteiger partial charge on any atom is 0.325 e. The largest absolute Gasteiger partial charge is 0.507 e. The van der Waals surface area contributed by atoms with Crippen molar-refractivity contribution in [3.05, 3.63) is 27.8 Å². The summed E-state index contributed by atoms with van der Waals surface area (Å²) in [5, 5.41) is 18.9. The van der Waals surface area contributed by atoms with Crippen LogP contribution in [0, 0.1) is 13.8 Å². The first-order valence-electron chi connectivity index (χ1n) is 4.33. The summed E-state index contributed by atoms with van der Waals surface area (Å²) in [5.74, 6) is -1.31. The zero-order valence-corrected chi connectivity index (χ0v) is 9.17. The number of halogens is 1. The third-order valence-corrected chi connectivity index (χ3v) is 2.83. The Morgan fingerprint density at radius 1 is 1.47 bits per heavy atom. The number of hydrogen-bond donors (Lipinski definition) is 3. The summed E-state index contributed by atoms with van der Waals surface area (Å²) >= 11 is 5.88. The molecule has 0 aliphatic carbocycles. The summed E-state index contributed by atoms with van der Waals surface area (Å²) in [6, 6.07) is 0.125. The van der Waals surface area contributed by atoms with Gasteiger partial charge in [0.1, 0.15) is 11.8 Å². The molecule has 82 valence electrons. The lowest BCUT2D eigenvalue weighted by molar-refractivity contribution is -0.138. The molecule has 1 atom stereocenters. The minimum absolute atomic E-state index is 0.105. The lowest BCUT2D eigenvalue weighted by atomic mass is 9.99. The number of benzene rings is 1. The molecule has 0 spiro atoms. The van der Waals surface area contributed by atoms with Crippen LogP contribution < -0.4 is 5.73 Å². The molecule has 0 saturated carbocycles.